The number of likely N-dealkylation sites (tertiary alicyclic amines) is 2. The van der Waals surface area contributed by atoms with Gasteiger partial charge in [-0.25, -0.2) is 4.79 Å². The quantitative estimate of drug-likeness (QED) is 0.739. The molecule has 2 saturated heterocycles. The molecule has 2 fully saturated rings. The highest BCUT2D eigenvalue weighted by Crippen LogP contribution is 2.17. The topological polar surface area (TPSA) is 73.9 Å². The molecule has 8 heteroatoms. The van der Waals surface area contributed by atoms with Gasteiger partial charge in [-0.2, -0.15) is 11.3 Å². The van der Waals surface area contributed by atoms with Crippen molar-refractivity contribution in [3.05, 3.63) is 22.4 Å². The Labute approximate surface area is 165 Å². The van der Waals surface area contributed by atoms with Gasteiger partial charge in [0.25, 0.3) is 5.91 Å². The fourth-order valence-corrected chi connectivity index (χ4v) is 4.47. The number of hydrogen-bond donors (Lipinski definition) is 2. The molecule has 0 bridgehead atoms. The number of hydrogen-bond acceptors (Lipinski definition) is 5. The van der Waals surface area contributed by atoms with Gasteiger partial charge < -0.3 is 20.3 Å². The third-order valence-corrected chi connectivity index (χ3v) is 6.15. The highest BCUT2D eigenvalue weighted by Gasteiger charge is 2.27. The summed E-state index contributed by atoms with van der Waals surface area (Å²) in [5, 5.41) is 9.93. The summed E-state index contributed by atoms with van der Waals surface area (Å²) in [5.41, 5.74) is 0.717. The van der Waals surface area contributed by atoms with Gasteiger partial charge in [0.1, 0.15) is 0 Å². The van der Waals surface area contributed by atoms with E-state index in [1.54, 1.807) is 7.11 Å². The molecule has 27 heavy (non-hydrogen) atoms. The lowest BCUT2D eigenvalue weighted by Crippen LogP contribution is -2.51. The van der Waals surface area contributed by atoms with Crippen molar-refractivity contribution in [2.24, 2.45) is 0 Å². The minimum atomic E-state index is -0.0171. The van der Waals surface area contributed by atoms with Crippen molar-refractivity contribution < 1.29 is 14.3 Å². The van der Waals surface area contributed by atoms with Crippen LogP contribution < -0.4 is 10.6 Å². The number of thiophene rings is 1. The standard InChI is InChI=1S/C19H30N4O3S/c1-26-11-10-22-7-2-3-17(22)13-20-19(25)23-8-4-16(5-9-23)21-18(24)15-6-12-27-14-15/h6,12,14,16-17H,2-5,7-11,13H2,1H3,(H,20,25)(H,21,24). The molecule has 0 spiro atoms. The number of methoxy groups -OCH3 is 1. The zero-order valence-electron chi connectivity index (χ0n) is 16.0. The molecule has 2 aliphatic rings. The highest BCUT2D eigenvalue weighted by molar-refractivity contribution is 7.08. The van der Waals surface area contributed by atoms with Crippen molar-refractivity contribution in [3.63, 3.8) is 0 Å². The van der Waals surface area contributed by atoms with E-state index in [0.717, 1.165) is 44.5 Å². The second-order valence-corrected chi connectivity index (χ2v) is 8.04. The van der Waals surface area contributed by atoms with E-state index in [1.807, 2.05) is 21.7 Å². The minimum Gasteiger partial charge on any atom is -0.383 e. The second kappa shape index (κ2) is 10.1. The average Bonchev–Trinajstić information content (AvgIpc) is 3.37. The van der Waals surface area contributed by atoms with Gasteiger partial charge in [0, 0.05) is 56.3 Å². The van der Waals surface area contributed by atoms with Gasteiger partial charge in [-0.05, 0) is 43.7 Å². The first-order valence-corrected chi connectivity index (χ1v) is 10.7. The number of amides is 3. The molecule has 7 nitrogen and oxygen atoms in total. The number of ether oxygens (including phenoxy) is 1. The maximum absolute atomic E-state index is 12.5. The van der Waals surface area contributed by atoms with E-state index in [2.05, 4.69) is 15.5 Å². The molecule has 2 N–H and O–H groups in total. The smallest absolute Gasteiger partial charge is 0.317 e. The van der Waals surface area contributed by atoms with Crippen LogP contribution in [0.4, 0.5) is 4.79 Å². The SMILES string of the molecule is COCCN1CCCC1CNC(=O)N1CCC(NC(=O)c2ccsc2)CC1. The average molecular weight is 395 g/mol. The fourth-order valence-electron chi connectivity index (χ4n) is 3.84. The Morgan fingerprint density at radius 1 is 1.26 bits per heavy atom. The summed E-state index contributed by atoms with van der Waals surface area (Å²) < 4.78 is 5.17. The molecule has 0 aliphatic carbocycles. The van der Waals surface area contributed by atoms with Gasteiger partial charge in [-0.15, -0.1) is 0 Å². The zero-order valence-corrected chi connectivity index (χ0v) is 16.8. The van der Waals surface area contributed by atoms with Crippen molar-refractivity contribution >= 4 is 23.3 Å². The Morgan fingerprint density at radius 3 is 2.78 bits per heavy atom. The van der Waals surface area contributed by atoms with Gasteiger partial charge in [0.05, 0.1) is 6.61 Å². The summed E-state index contributed by atoms with van der Waals surface area (Å²) in [7, 11) is 1.72. The van der Waals surface area contributed by atoms with E-state index in [0.29, 0.717) is 25.7 Å². The van der Waals surface area contributed by atoms with Gasteiger partial charge >= 0.3 is 6.03 Å². The summed E-state index contributed by atoms with van der Waals surface area (Å²) >= 11 is 1.52. The van der Waals surface area contributed by atoms with Crippen LogP contribution in [0.2, 0.25) is 0 Å². The Hall–Kier alpha value is -1.64. The molecule has 1 atom stereocenters. The third-order valence-electron chi connectivity index (χ3n) is 5.47. The highest BCUT2D eigenvalue weighted by atomic mass is 32.1. The normalized spacial score (nSPS) is 21.4. The van der Waals surface area contributed by atoms with Gasteiger partial charge in [0.15, 0.2) is 0 Å². The van der Waals surface area contributed by atoms with Gasteiger partial charge in [-0.3, -0.25) is 9.69 Å². The van der Waals surface area contributed by atoms with Crippen LogP contribution in [0, 0.1) is 0 Å². The number of nitrogens with zero attached hydrogens (tertiary/aromatic N) is 2. The number of carbonyl (C=O) groups excluding carboxylic acids is 2. The molecule has 3 amide bonds. The lowest BCUT2D eigenvalue weighted by atomic mass is 10.0. The van der Waals surface area contributed by atoms with Crippen LogP contribution in [0.15, 0.2) is 16.8 Å². The number of carbonyl (C=O) groups is 2. The number of urea groups is 1. The number of piperidine rings is 1. The molecule has 0 radical (unpaired) electrons. The van der Waals surface area contributed by atoms with E-state index < -0.39 is 0 Å². The Bertz CT molecular complexity index is 602. The van der Waals surface area contributed by atoms with Crippen molar-refractivity contribution in [2.75, 3.05) is 46.4 Å². The summed E-state index contributed by atoms with van der Waals surface area (Å²) in [5.74, 6) is -0.0171. The van der Waals surface area contributed by atoms with Crippen molar-refractivity contribution in [1.82, 2.24) is 20.4 Å². The Kier molecular flexibility index (Phi) is 7.49. The van der Waals surface area contributed by atoms with Crippen LogP contribution in [-0.4, -0.2) is 80.3 Å². The number of rotatable bonds is 7. The molecule has 1 aromatic rings. The summed E-state index contributed by atoms with van der Waals surface area (Å²) in [6.07, 6.45) is 3.90. The predicted molar refractivity (Wildman–Crippen MR) is 106 cm³/mol. The van der Waals surface area contributed by atoms with Crippen LogP contribution in [0.25, 0.3) is 0 Å². The van der Waals surface area contributed by atoms with Crippen molar-refractivity contribution in [1.29, 1.82) is 0 Å². The second-order valence-electron chi connectivity index (χ2n) is 7.26. The fraction of sp³-hybridized carbons (Fsp3) is 0.684. The summed E-state index contributed by atoms with van der Waals surface area (Å²) in [6.45, 7) is 4.79. The molecule has 1 unspecified atom stereocenters. The molecule has 150 valence electrons. The molecule has 0 aromatic carbocycles. The predicted octanol–water partition coefficient (Wildman–Crippen LogP) is 1.76. The monoisotopic (exact) mass is 394 g/mol. The minimum absolute atomic E-state index is 0.0104. The first-order chi connectivity index (χ1) is 13.2. The zero-order chi connectivity index (χ0) is 19.1. The van der Waals surface area contributed by atoms with E-state index in [1.165, 1.54) is 17.8 Å². The molecule has 3 heterocycles. The largest absolute Gasteiger partial charge is 0.383 e. The van der Waals surface area contributed by atoms with Crippen LogP contribution in [-0.2, 0) is 4.74 Å². The van der Waals surface area contributed by atoms with Crippen LogP contribution >= 0.6 is 11.3 Å². The first-order valence-electron chi connectivity index (χ1n) is 9.76. The van der Waals surface area contributed by atoms with E-state index in [4.69, 9.17) is 4.74 Å². The van der Waals surface area contributed by atoms with Gasteiger partial charge in [0.2, 0.25) is 0 Å². The van der Waals surface area contributed by atoms with Crippen LogP contribution in [0.1, 0.15) is 36.0 Å². The maximum atomic E-state index is 12.5. The van der Waals surface area contributed by atoms with Crippen molar-refractivity contribution in [3.8, 4) is 0 Å². The molecule has 0 saturated carbocycles. The number of nitrogens with one attached hydrogen (secondary N) is 2. The molecule has 2 aliphatic heterocycles. The van der Waals surface area contributed by atoms with Crippen LogP contribution in [0.3, 0.4) is 0 Å². The lowest BCUT2D eigenvalue weighted by molar-refractivity contribution is 0.0918. The van der Waals surface area contributed by atoms with E-state index in [-0.39, 0.29) is 18.0 Å². The maximum Gasteiger partial charge on any atom is 0.317 e. The van der Waals surface area contributed by atoms with Crippen LogP contribution in [0.5, 0.6) is 0 Å². The molecule has 1 aromatic heterocycles. The Balaban J connectivity index is 1.36. The molecular weight excluding hydrogens is 364 g/mol. The Morgan fingerprint density at radius 2 is 2.07 bits per heavy atom. The van der Waals surface area contributed by atoms with E-state index >= 15 is 0 Å². The van der Waals surface area contributed by atoms with Crippen molar-refractivity contribution in [2.45, 2.75) is 37.8 Å². The van der Waals surface area contributed by atoms with Gasteiger partial charge in [-0.1, -0.05) is 0 Å². The lowest BCUT2D eigenvalue weighted by Gasteiger charge is -2.33. The van der Waals surface area contributed by atoms with E-state index in [9.17, 15) is 9.59 Å². The molecular formula is C19H30N4O3S. The third kappa shape index (κ3) is 5.67. The first kappa shape index (κ1) is 20.1. The molecule has 3 rings (SSSR count). The summed E-state index contributed by atoms with van der Waals surface area (Å²) in [6, 6.07) is 2.39. The summed E-state index contributed by atoms with van der Waals surface area (Å²) in [4.78, 5) is 28.9.